The maximum Gasteiger partial charge on any atom is 0.262 e. The minimum Gasteiger partial charge on any atom is -0.482 e. The van der Waals surface area contributed by atoms with Crippen LogP contribution in [0, 0.1) is 0 Å². The van der Waals surface area contributed by atoms with Crippen molar-refractivity contribution in [2.45, 2.75) is 12.8 Å². The van der Waals surface area contributed by atoms with Crippen molar-refractivity contribution in [3.05, 3.63) is 17.2 Å². The molecular weight excluding hydrogens is 317 g/mol. The highest BCUT2D eigenvalue weighted by Crippen LogP contribution is 2.36. The molecule has 0 spiro atoms. The zero-order valence-electron chi connectivity index (χ0n) is 11.5. The second kappa shape index (κ2) is 8.07. The third-order valence-corrected chi connectivity index (χ3v) is 3.12. The number of nitrogens with one attached hydrogen (secondary N) is 3. The van der Waals surface area contributed by atoms with Gasteiger partial charge in [-0.15, -0.1) is 12.4 Å². The van der Waals surface area contributed by atoms with E-state index in [1.54, 1.807) is 12.1 Å². The fourth-order valence-corrected chi connectivity index (χ4v) is 2.05. The SMILES string of the molecule is CNCCCC(=O)Nc1cc2c(cc1Cl)NC(=O)CO2.Cl. The fraction of sp³-hybridized carbons (Fsp3) is 0.385. The van der Waals surface area contributed by atoms with Crippen molar-refractivity contribution < 1.29 is 14.3 Å². The monoisotopic (exact) mass is 333 g/mol. The molecule has 1 aromatic rings. The molecule has 1 aliphatic rings. The number of anilines is 2. The maximum atomic E-state index is 11.8. The Kier molecular flexibility index (Phi) is 6.74. The van der Waals surface area contributed by atoms with Gasteiger partial charge in [0.2, 0.25) is 5.91 Å². The summed E-state index contributed by atoms with van der Waals surface area (Å²) in [5.41, 5.74) is 0.996. The minimum absolute atomic E-state index is 0. The third kappa shape index (κ3) is 4.77. The highest BCUT2D eigenvalue weighted by molar-refractivity contribution is 6.34. The van der Waals surface area contributed by atoms with Gasteiger partial charge in [0.15, 0.2) is 6.61 Å². The zero-order valence-corrected chi connectivity index (χ0v) is 13.1. The van der Waals surface area contributed by atoms with Crippen LogP contribution in [-0.4, -0.2) is 32.0 Å². The molecule has 1 heterocycles. The van der Waals surface area contributed by atoms with E-state index in [1.807, 2.05) is 7.05 Å². The molecule has 0 atom stereocenters. The lowest BCUT2D eigenvalue weighted by Crippen LogP contribution is -2.25. The van der Waals surface area contributed by atoms with Crippen LogP contribution in [0.3, 0.4) is 0 Å². The van der Waals surface area contributed by atoms with Crippen LogP contribution in [0.15, 0.2) is 12.1 Å². The summed E-state index contributed by atoms with van der Waals surface area (Å²) >= 11 is 6.08. The molecule has 2 rings (SSSR count). The van der Waals surface area contributed by atoms with Crippen LogP contribution in [0.1, 0.15) is 12.8 Å². The van der Waals surface area contributed by atoms with Gasteiger partial charge in [-0.2, -0.15) is 0 Å². The van der Waals surface area contributed by atoms with E-state index >= 15 is 0 Å². The van der Waals surface area contributed by atoms with Crippen LogP contribution < -0.4 is 20.7 Å². The molecule has 116 valence electrons. The Morgan fingerprint density at radius 3 is 2.95 bits per heavy atom. The Labute approximate surface area is 134 Å². The summed E-state index contributed by atoms with van der Waals surface area (Å²) in [4.78, 5) is 22.9. The van der Waals surface area contributed by atoms with Crippen molar-refractivity contribution in [1.82, 2.24) is 5.32 Å². The summed E-state index contributed by atoms with van der Waals surface area (Å²) in [6.45, 7) is 0.741. The molecule has 6 nitrogen and oxygen atoms in total. The number of rotatable bonds is 5. The van der Waals surface area contributed by atoms with Gasteiger partial charge in [-0.05, 0) is 26.1 Å². The first-order chi connectivity index (χ1) is 9.60. The molecule has 3 N–H and O–H groups in total. The van der Waals surface area contributed by atoms with Gasteiger partial charge in [0, 0.05) is 12.5 Å². The Morgan fingerprint density at radius 1 is 1.48 bits per heavy atom. The molecule has 8 heteroatoms. The summed E-state index contributed by atoms with van der Waals surface area (Å²) in [7, 11) is 1.84. The van der Waals surface area contributed by atoms with Crippen molar-refractivity contribution in [2.24, 2.45) is 0 Å². The number of halogens is 2. The number of benzene rings is 1. The zero-order chi connectivity index (χ0) is 14.5. The van der Waals surface area contributed by atoms with E-state index in [0.717, 1.165) is 13.0 Å². The average molecular weight is 334 g/mol. The minimum atomic E-state index is -0.225. The number of fused-ring (bicyclic) bond motifs is 1. The predicted molar refractivity (Wildman–Crippen MR) is 84.6 cm³/mol. The lowest BCUT2D eigenvalue weighted by atomic mass is 10.2. The maximum absolute atomic E-state index is 11.8. The summed E-state index contributed by atoms with van der Waals surface area (Å²) in [6.07, 6.45) is 1.16. The van der Waals surface area contributed by atoms with E-state index in [4.69, 9.17) is 16.3 Å². The quantitative estimate of drug-likeness (QED) is 0.720. The molecule has 2 amide bonds. The van der Waals surface area contributed by atoms with Gasteiger partial charge in [0.05, 0.1) is 16.4 Å². The smallest absolute Gasteiger partial charge is 0.262 e. The Bertz CT molecular complexity index is 538. The molecule has 0 saturated heterocycles. The highest BCUT2D eigenvalue weighted by Gasteiger charge is 2.18. The number of carbonyl (C=O) groups excluding carboxylic acids is 2. The molecule has 0 aromatic heterocycles. The van der Waals surface area contributed by atoms with Crippen molar-refractivity contribution in [3.63, 3.8) is 0 Å². The van der Waals surface area contributed by atoms with Crippen LogP contribution in [0.2, 0.25) is 5.02 Å². The number of ether oxygens (including phenoxy) is 1. The van der Waals surface area contributed by atoms with Gasteiger partial charge in [0.1, 0.15) is 5.75 Å². The fourth-order valence-electron chi connectivity index (χ4n) is 1.83. The second-order valence-electron chi connectivity index (χ2n) is 4.42. The van der Waals surface area contributed by atoms with Crippen molar-refractivity contribution in [1.29, 1.82) is 0 Å². The number of amides is 2. The largest absolute Gasteiger partial charge is 0.482 e. The first kappa shape index (κ1) is 17.6. The molecule has 0 fully saturated rings. The van der Waals surface area contributed by atoms with Crippen molar-refractivity contribution in [2.75, 3.05) is 30.8 Å². The second-order valence-corrected chi connectivity index (χ2v) is 4.83. The molecule has 0 radical (unpaired) electrons. The highest BCUT2D eigenvalue weighted by atomic mass is 35.5. The first-order valence-corrected chi connectivity index (χ1v) is 6.68. The van der Waals surface area contributed by atoms with Crippen LogP contribution in [0.4, 0.5) is 11.4 Å². The number of hydrogen-bond donors (Lipinski definition) is 3. The predicted octanol–water partition coefficient (Wildman–Crippen LogP) is 2.03. The standard InChI is InChI=1S/C13H16ClN3O3.ClH/c1-15-4-2-3-12(18)16-9-6-11-10(5-8(9)14)17-13(19)7-20-11;/h5-6,15H,2-4,7H2,1H3,(H,16,18)(H,17,19);1H. The summed E-state index contributed by atoms with van der Waals surface area (Å²) in [6, 6.07) is 3.18. The van der Waals surface area contributed by atoms with Gasteiger partial charge < -0.3 is 20.7 Å². The van der Waals surface area contributed by atoms with Crippen LogP contribution in [-0.2, 0) is 9.59 Å². The molecular formula is C13H17Cl2N3O3. The summed E-state index contributed by atoms with van der Waals surface area (Å²) in [5.74, 6) is 0.166. The Hall–Kier alpha value is -1.50. The number of carbonyl (C=O) groups is 2. The molecule has 0 saturated carbocycles. The van der Waals surface area contributed by atoms with Crippen molar-refractivity contribution >= 4 is 47.2 Å². The molecule has 1 aromatic carbocycles. The molecule has 21 heavy (non-hydrogen) atoms. The van der Waals surface area contributed by atoms with E-state index < -0.39 is 0 Å². The van der Waals surface area contributed by atoms with Crippen molar-refractivity contribution in [3.8, 4) is 5.75 Å². The normalized spacial score (nSPS) is 12.6. The van der Waals surface area contributed by atoms with Gasteiger partial charge in [-0.1, -0.05) is 11.6 Å². The van der Waals surface area contributed by atoms with Crippen LogP contribution in [0.25, 0.3) is 0 Å². The Balaban J connectivity index is 0.00000220. The van der Waals surface area contributed by atoms with Gasteiger partial charge in [0.25, 0.3) is 5.91 Å². The number of hydrogen-bond acceptors (Lipinski definition) is 4. The topological polar surface area (TPSA) is 79.5 Å². The Morgan fingerprint density at radius 2 is 2.24 bits per heavy atom. The van der Waals surface area contributed by atoms with E-state index in [1.165, 1.54) is 0 Å². The van der Waals surface area contributed by atoms with Crippen LogP contribution >= 0.6 is 24.0 Å². The van der Waals surface area contributed by atoms with Gasteiger partial charge >= 0.3 is 0 Å². The van der Waals surface area contributed by atoms with E-state index in [9.17, 15) is 9.59 Å². The lowest BCUT2D eigenvalue weighted by molar-refractivity contribution is -0.118. The average Bonchev–Trinajstić information content (AvgIpc) is 2.40. The first-order valence-electron chi connectivity index (χ1n) is 6.31. The van der Waals surface area contributed by atoms with Crippen LogP contribution in [0.5, 0.6) is 5.75 Å². The van der Waals surface area contributed by atoms with Gasteiger partial charge in [-0.25, -0.2) is 0 Å². The van der Waals surface area contributed by atoms with E-state index in [0.29, 0.717) is 28.6 Å². The third-order valence-electron chi connectivity index (χ3n) is 2.81. The summed E-state index contributed by atoms with van der Waals surface area (Å²) < 4.78 is 5.28. The molecule has 0 unspecified atom stereocenters. The molecule has 0 bridgehead atoms. The molecule has 0 aliphatic carbocycles. The molecule has 1 aliphatic heterocycles. The van der Waals surface area contributed by atoms with Gasteiger partial charge in [-0.3, -0.25) is 9.59 Å². The lowest BCUT2D eigenvalue weighted by Gasteiger charge is -2.19. The summed E-state index contributed by atoms with van der Waals surface area (Å²) in [5, 5.41) is 8.73. The van der Waals surface area contributed by atoms with E-state index in [2.05, 4.69) is 16.0 Å². The van der Waals surface area contributed by atoms with E-state index in [-0.39, 0.29) is 30.8 Å².